The number of hydrogen-bond acceptors (Lipinski definition) is 3. The van der Waals surface area contributed by atoms with Crippen LogP contribution in [-0.4, -0.2) is 13.7 Å². The van der Waals surface area contributed by atoms with Crippen LogP contribution in [0.4, 0.5) is 0 Å². The molecule has 0 unspecified atom stereocenters. The molecule has 1 aliphatic rings. The van der Waals surface area contributed by atoms with Gasteiger partial charge in [0.05, 0.1) is 16.4 Å². The van der Waals surface area contributed by atoms with E-state index in [1.165, 1.54) is 6.26 Å². The minimum Gasteiger partial charge on any atom is -0.494 e. The summed E-state index contributed by atoms with van der Waals surface area (Å²) in [7, 11) is -3.39. The summed E-state index contributed by atoms with van der Waals surface area (Å²) >= 11 is 0. The summed E-state index contributed by atoms with van der Waals surface area (Å²) in [6, 6.07) is 16.7. The lowest BCUT2D eigenvalue weighted by atomic mass is 10.0. The first-order valence-corrected chi connectivity index (χ1v) is 8.79. The summed E-state index contributed by atoms with van der Waals surface area (Å²) in [4.78, 5) is 0.362. The molecule has 3 nitrogen and oxygen atoms in total. The van der Waals surface area contributed by atoms with Gasteiger partial charge in [-0.2, -0.15) is 0 Å². The molecule has 0 radical (unpaired) electrons. The van der Waals surface area contributed by atoms with E-state index in [2.05, 4.69) is 0 Å². The van der Waals surface area contributed by atoms with Crippen molar-refractivity contribution in [1.29, 1.82) is 0 Å². The summed E-state index contributed by atoms with van der Waals surface area (Å²) in [6.45, 7) is 1.94. The maximum Gasteiger partial charge on any atom is 0.185 e. The standard InChI is InChI=1S/C18H18O3S/c1-14-7-9-16(10-8-14)22(19,20)17-11-12-21-18(13-17)15-5-3-2-4-6-15/h2-12,17-18H,13H2,1H3/t17-,18+/m1/s1. The molecular weight excluding hydrogens is 296 g/mol. The van der Waals surface area contributed by atoms with Gasteiger partial charge in [-0.25, -0.2) is 8.42 Å². The first-order valence-electron chi connectivity index (χ1n) is 7.25. The van der Waals surface area contributed by atoms with Crippen molar-refractivity contribution >= 4 is 9.84 Å². The lowest BCUT2D eigenvalue weighted by Crippen LogP contribution is -2.25. The van der Waals surface area contributed by atoms with Gasteiger partial charge in [0.2, 0.25) is 0 Å². The van der Waals surface area contributed by atoms with Crippen LogP contribution in [0.1, 0.15) is 23.7 Å². The van der Waals surface area contributed by atoms with Gasteiger partial charge in [0, 0.05) is 6.42 Å². The number of sulfone groups is 1. The number of aryl methyl sites for hydroxylation is 1. The molecule has 2 aromatic carbocycles. The molecule has 0 aromatic heterocycles. The smallest absolute Gasteiger partial charge is 0.185 e. The summed E-state index contributed by atoms with van der Waals surface area (Å²) in [5.41, 5.74) is 2.04. The molecule has 0 saturated carbocycles. The number of ether oxygens (including phenoxy) is 1. The van der Waals surface area contributed by atoms with E-state index >= 15 is 0 Å². The van der Waals surface area contributed by atoms with E-state index in [1.807, 2.05) is 49.4 Å². The minimum atomic E-state index is -3.39. The largest absolute Gasteiger partial charge is 0.494 e. The molecule has 3 rings (SSSR count). The molecule has 114 valence electrons. The van der Waals surface area contributed by atoms with Crippen LogP contribution >= 0.6 is 0 Å². The molecule has 0 aliphatic carbocycles. The highest BCUT2D eigenvalue weighted by atomic mass is 32.2. The van der Waals surface area contributed by atoms with Crippen molar-refractivity contribution in [3.05, 3.63) is 78.1 Å². The predicted octanol–water partition coefficient (Wildman–Crippen LogP) is 3.81. The zero-order valence-electron chi connectivity index (χ0n) is 12.3. The van der Waals surface area contributed by atoms with Crippen LogP contribution in [0.15, 0.2) is 71.8 Å². The van der Waals surface area contributed by atoms with E-state index in [0.717, 1.165) is 11.1 Å². The Morgan fingerprint density at radius 2 is 1.68 bits per heavy atom. The van der Waals surface area contributed by atoms with Crippen molar-refractivity contribution in [2.75, 3.05) is 0 Å². The molecule has 0 amide bonds. The molecule has 0 saturated heterocycles. The third-order valence-electron chi connectivity index (χ3n) is 3.90. The average molecular weight is 314 g/mol. The van der Waals surface area contributed by atoms with Gasteiger partial charge in [0.25, 0.3) is 0 Å². The third-order valence-corrected chi connectivity index (χ3v) is 5.98. The Kier molecular flexibility index (Phi) is 4.03. The molecule has 0 spiro atoms. The van der Waals surface area contributed by atoms with Gasteiger partial charge < -0.3 is 4.74 Å². The molecular formula is C18H18O3S. The quantitative estimate of drug-likeness (QED) is 0.865. The fourth-order valence-electron chi connectivity index (χ4n) is 2.59. The predicted molar refractivity (Wildman–Crippen MR) is 86.2 cm³/mol. The summed E-state index contributed by atoms with van der Waals surface area (Å²) in [5, 5.41) is -0.561. The van der Waals surface area contributed by atoms with Gasteiger partial charge in [0.15, 0.2) is 9.84 Å². The van der Waals surface area contributed by atoms with E-state index in [-0.39, 0.29) is 6.10 Å². The monoisotopic (exact) mass is 314 g/mol. The van der Waals surface area contributed by atoms with E-state index in [1.54, 1.807) is 18.2 Å². The second-order valence-electron chi connectivity index (χ2n) is 5.50. The van der Waals surface area contributed by atoms with Crippen LogP contribution in [-0.2, 0) is 14.6 Å². The Morgan fingerprint density at radius 1 is 1.00 bits per heavy atom. The Morgan fingerprint density at radius 3 is 2.36 bits per heavy atom. The summed E-state index contributed by atoms with van der Waals surface area (Å²) in [6.07, 6.45) is 3.35. The van der Waals surface area contributed by atoms with Crippen LogP contribution in [0.5, 0.6) is 0 Å². The fraction of sp³-hybridized carbons (Fsp3) is 0.222. The lowest BCUT2D eigenvalue weighted by Gasteiger charge is -2.25. The summed E-state index contributed by atoms with van der Waals surface area (Å²) < 4.78 is 31.1. The van der Waals surface area contributed by atoms with Crippen LogP contribution in [0.2, 0.25) is 0 Å². The first-order chi connectivity index (χ1) is 10.6. The molecule has 1 aliphatic heterocycles. The van der Waals surface area contributed by atoms with Gasteiger partial charge in [-0.15, -0.1) is 0 Å². The van der Waals surface area contributed by atoms with Crippen molar-refractivity contribution in [1.82, 2.24) is 0 Å². The molecule has 0 N–H and O–H groups in total. The number of benzene rings is 2. The van der Waals surface area contributed by atoms with Gasteiger partial charge in [-0.3, -0.25) is 0 Å². The molecule has 0 fully saturated rings. The first kappa shape index (κ1) is 14.9. The van der Waals surface area contributed by atoms with Crippen molar-refractivity contribution in [3.63, 3.8) is 0 Å². The molecule has 2 atom stereocenters. The number of rotatable bonds is 3. The third kappa shape index (κ3) is 2.92. The van der Waals surface area contributed by atoms with E-state index < -0.39 is 15.1 Å². The Balaban J connectivity index is 1.87. The van der Waals surface area contributed by atoms with Crippen molar-refractivity contribution in [2.45, 2.75) is 29.6 Å². The van der Waals surface area contributed by atoms with E-state index in [9.17, 15) is 8.42 Å². The minimum absolute atomic E-state index is 0.226. The second kappa shape index (κ2) is 5.97. The normalized spacial score (nSPS) is 21.3. The Hall–Kier alpha value is -2.07. The summed E-state index contributed by atoms with van der Waals surface area (Å²) in [5.74, 6) is 0. The van der Waals surface area contributed by atoms with E-state index in [4.69, 9.17) is 4.74 Å². The lowest BCUT2D eigenvalue weighted by molar-refractivity contribution is 0.126. The second-order valence-corrected chi connectivity index (χ2v) is 7.66. The molecule has 2 aromatic rings. The van der Waals surface area contributed by atoms with Crippen LogP contribution < -0.4 is 0 Å². The number of hydrogen-bond donors (Lipinski definition) is 0. The zero-order chi connectivity index (χ0) is 15.6. The van der Waals surface area contributed by atoms with Gasteiger partial charge in [-0.1, -0.05) is 48.0 Å². The Bertz CT molecular complexity index is 762. The highest BCUT2D eigenvalue weighted by Crippen LogP contribution is 2.32. The van der Waals surface area contributed by atoms with Crippen LogP contribution in [0.25, 0.3) is 0 Å². The zero-order valence-corrected chi connectivity index (χ0v) is 13.2. The van der Waals surface area contributed by atoms with Crippen molar-refractivity contribution < 1.29 is 13.2 Å². The van der Waals surface area contributed by atoms with Crippen molar-refractivity contribution in [2.24, 2.45) is 0 Å². The molecule has 4 heteroatoms. The highest BCUT2D eigenvalue weighted by Gasteiger charge is 2.31. The molecule has 22 heavy (non-hydrogen) atoms. The average Bonchev–Trinajstić information content (AvgIpc) is 2.56. The maximum atomic E-state index is 12.8. The van der Waals surface area contributed by atoms with Gasteiger partial charge >= 0.3 is 0 Å². The van der Waals surface area contributed by atoms with Gasteiger partial charge in [-0.05, 0) is 30.7 Å². The SMILES string of the molecule is Cc1ccc(S(=O)(=O)[C@@H]2C=CO[C@H](c3ccccc3)C2)cc1. The highest BCUT2D eigenvalue weighted by molar-refractivity contribution is 7.92. The van der Waals surface area contributed by atoms with Gasteiger partial charge in [0.1, 0.15) is 6.10 Å². The molecule has 1 heterocycles. The maximum absolute atomic E-state index is 12.8. The van der Waals surface area contributed by atoms with Crippen molar-refractivity contribution in [3.8, 4) is 0 Å². The van der Waals surface area contributed by atoms with E-state index in [0.29, 0.717) is 11.3 Å². The molecule has 0 bridgehead atoms. The topological polar surface area (TPSA) is 43.4 Å². The van der Waals surface area contributed by atoms with Crippen LogP contribution in [0, 0.1) is 6.92 Å². The fourth-order valence-corrected chi connectivity index (χ4v) is 4.15. The Labute approximate surface area is 131 Å². The van der Waals surface area contributed by atoms with Crippen LogP contribution in [0.3, 0.4) is 0 Å².